The Balaban J connectivity index is 2.23. The van der Waals surface area contributed by atoms with E-state index in [2.05, 4.69) is 59.4 Å². The fraction of sp³-hybridized carbons (Fsp3) is 0.333. The van der Waals surface area contributed by atoms with Crippen LogP contribution in [0.25, 0.3) is 10.1 Å². The Kier molecular flexibility index (Phi) is 3.44. The van der Waals surface area contributed by atoms with Crippen molar-refractivity contribution in [3.8, 4) is 0 Å². The van der Waals surface area contributed by atoms with Crippen LogP contribution in [0.2, 0.25) is 0 Å². The van der Waals surface area contributed by atoms with Crippen molar-refractivity contribution in [2.45, 2.75) is 26.4 Å². The van der Waals surface area contributed by atoms with E-state index in [1.54, 1.807) is 0 Å². The Morgan fingerprint density at radius 3 is 2.87 bits per heavy atom. The Labute approximate surface area is 103 Å². The molecule has 2 aromatic rings. The van der Waals surface area contributed by atoms with Crippen LogP contribution in [0.4, 0.5) is 0 Å². The van der Waals surface area contributed by atoms with E-state index in [1.165, 1.54) is 15.0 Å². The minimum atomic E-state index is 0.543. The van der Waals surface area contributed by atoms with Crippen LogP contribution in [0.3, 0.4) is 0 Å². The second kappa shape index (κ2) is 4.64. The van der Waals surface area contributed by atoms with E-state index in [9.17, 15) is 0 Å². The molecule has 2 rings (SSSR count). The van der Waals surface area contributed by atoms with Crippen molar-refractivity contribution in [2.24, 2.45) is 0 Å². The maximum Gasteiger partial charge on any atom is 0.0346 e. The van der Waals surface area contributed by atoms with Crippen molar-refractivity contribution >= 4 is 37.4 Å². The van der Waals surface area contributed by atoms with Gasteiger partial charge in [-0.25, -0.2) is 0 Å². The molecule has 0 saturated heterocycles. The number of fused-ring (bicyclic) bond motifs is 1. The van der Waals surface area contributed by atoms with Gasteiger partial charge in [0.2, 0.25) is 0 Å². The molecule has 0 amide bonds. The first kappa shape index (κ1) is 11.1. The Morgan fingerprint density at radius 2 is 2.13 bits per heavy atom. The van der Waals surface area contributed by atoms with Gasteiger partial charge < -0.3 is 5.32 Å². The van der Waals surface area contributed by atoms with Gasteiger partial charge in [0.1, 0.15) is 0 Å². The average molecular weight is 284 g/mol. The Bertz CT molecular complexity index is 462. The third kappa shape index (κ3) is 2.80. The standard InChI is InChI=1S/C12H14BrNS/c1-8(2)14-7-11-6-9-5-10(13)3-4-12(9)15-11/h3-6,8,14H,7H2,1-2H3. The Morgan fingerprint density at radius 1 is 1.33 bits per heavy atom. The summed E-state index contributed by atoms with van der Waals surface area (Å²) in [7, 11) is 0. The molecule has 1 heterocycles. The van der Waals surface area contributed by atoms with Crippen LogP contribution in [-0.4, -0.2) is 6.04 Å². The van der Waals surface area contributed by atoms with Crippen molar-refractivity contribution in [1.29, 1.82) is 0 Å². The third-order valence-electron chi connectivity index (χ3n) is 2.21. The molecule has 1 nitrogen and oxygen atoms in total. The highest BCUT2D eigenvalue weighted by molar-refractivity contribution is 9.10. The lowest BCUT2D eigenvalue weighted by Gasteiger charge is -2.04. The van der Waals surface area contributed by atoms with E-state index in [4.69, 9.17) is 0 Å². The molecule has 1 aromatic carbocycles. The van der Waals surface area contributed by atoms with Crippen LogP contribution >= 0.6 is 27.3 Å². The van der Waals surface area contributed by atoms with Gasteiger partial charge in [0, 0.05) is 26.6 Å². The lowest BCUT2D eigenvalue weighted by molar-refractivity contribution is 0.593. The van der Waals surface area contributed by atoms with Gasteiger partial charge in [-0.05, 0) is 29.7 Å². The number of hydrogen-bond acceptors (Lipinski definition) is 2. The van der Waals surface area contributed by atoms with E-state index in [0.717, 1.165) is 11.0 Å². The summed E-state index contributed by atoms with van der Waals surface area (Å²) >= 11 is 5.36. The summed E-state index contributed by atoms with van der Waals surface area (Å²) in [6, 6.07) is 9.24. The lowest BCUT2D eigenvalue weighted by atomic mass is 10.2. The first-order chi connectivity index (χ1) is 7.15. The third-order valence-corrected chi connectivity index (χ3v) is 3.82. The molecule has 0 spiro atoms. The zero-order valence-electron chi connectivity index (χ0n) is 8.88. The molecule has 0 bridgehead atoms. The second-order valence-electron chi connectivity index (χ2n) is 3.93. The predicted octanol–water partition coefficient (Wildman–Crippen LogP) is 4.16. The molecule has 1 aromatic heterocycles. The summed E-state index contributed by atoms with van der Waals surface area (Å²) in [6.07, 6.45) is 0. The first-order valence-electron chi connectivity index (χ1n) is 5.06. The van der Waals surface area contributed by atoms with Gasteiger partial charge in [0.15, 0.2) is 0 Å². The van der Waals surface area contributed by atoms with E-state index >= 15 is 0 Å². The number of thiophene rings is 1. The minimum Gasteiger partial charge on any atom is -0.310 e. The lowest BCUT2D eigenvalue weighted by Crippen LogP contribution is -2.21. The van der Waals surface area contributed by atoms with Gasteiger partial charge in [-0.15, -0.1) is 11.3 Å². The normalized spacial score (nSPS) is 11.5. The van der Waals surface area contributed by atoms with Crippen molar-refractivity contribution in [3.05, 3.63) is 33.6 Å². The summed E-state index contributed by atoms with van der Waals surface area (Å²) < 4.78 is 2.51. The highest BCUT2D eigenvalue weighted by Gasteiger charge is 2.02. The van der Waals surface area contributed by atoms with Crippen molar-refractivity contribution in [2.75, 3.05) is 0 Å². The average Bonchev–Trinajstić information content (AvgIpc) is 2.56. The molecule has 0 radical (unpaired) electrons. The summed E-state index contributed by atoms with van der Waals surface area (Å²) in [5.41, 5.74) is 0. The molecule has 80 valence electrons. The van der Waals surface area contributed by atoms with Crippen LogP contribution < -0.4 is 5.32 Å². The number of hydrogen-bond donors (Lipinski definition) is 1. The van der Waals surface area contributed by atoms with Crippen LogP contribution in [0.1, 0.15) is 18.7 Å². The van der Waals surface area contributed by atoms with Crippen molar-refractivity contribution in [3.63, 3.8) is 0 Å². The largest absolute Gasteiger partial charge is 0.310 e. The fourth-order valence-corrected chi connectivity index (χ4v) is 2.84. The highest BCUT2D eigenvalue weighted by atomic mass is 79.9. The Hall–Kier alpha value is -0.380. The van der Waals surface area contributed by atoms with E-state index in [0.29, 0.717) is 6.04 Å². The highest BCUT2D eigenvalue weighted by Crippen LogP contribution is 2.28. The molecule has 0 saturated carbocycles. The quantitative estimate of drug-likeness (QED) is 0.892. The van der Waals surface area contributed by atoms with Gasteiger partial charge in [0.05, 0.1) is 0 Å². The van der Waals surface area contributed by atoms with Gasteiger partial charge in [0.25, 0.3) is 0 Å². The van der Waals surface area contributed by atoms with Crippen LogP contribution in [-0.2, 0) is 6.54 Å². The molecule has 0 atom stereocenters. The van der Waals surface area contributed by atoms with Crippen LogP contribution in [0.15, 0.2) is 28.7 Å². The number of benzene rings is 1. The minimum absolute atomic E-state index is 0.543. The van der Waals surface area contributed by atoms with Gasteiger partial charge in [-0.2, -0.15) is 0 Å². The maximum absolute atomic E-state index is 3.49. The summed E-state index contributed by atoms with van der Waals surface area (Å²) in [5.74, 6) is 0. The molecule has 1 N–H and O–H groups in total. The van der Waals surface area contributed by atoms with Crippen LogP contribution in [0, 0.1) is 0 Å². The molecule has 0 aliphatic heterocycles. The van der Waals surface area contributed by atoms with Crippen molar-refractivity contribution < 1.29 is 0 Å². The molecule has 3 heteroatoms. The molecule has 0 unspecified atom stereocenters. The van der Waals surface area contributed by atoms with Gasteiger partial charge in [-0.3, -0.25) is 0 Å². The summed E-state index contributed by atoms with van der Waals surface area (Å²) in [4.78, 5) is 1.40. The second-order valence-corrected chi connectivity index (χ2v) is 6.01. The number of nitrogens with one attached hydrogen (secondary N) is 1. The summed E-state index contributed by atoms with van der Waals surface area (Å²) in [5, 5.41) is 4.76. The zero-order chi connectivity index (χ0) is 10.8. The molecule has 0 aliphatic carbocycles. The zero-order valence-corrected chi connectivity index (χ0v) is 11.3. The smallest absolute Gasteiger partial charge is 0.0346 e. The van der Waals surface area contributed by atoms with E-state index < -0.39 is 0 Å². The predicted molar refractivity (Wildman–Crippen MR) is 71.5 cm³/mol. The van der Waals surface area contributed by atoms with Crippen LogP contribution in [0.5, 0.6) is 0 Å². The molecule has 0 fully saturated rings. The summed E-state index contributed by atoms with van der Waals surface area (Å²) in [6.45, 7) is 5.31. The van der Waals surface area contributed by atoms with Gasteiger partial charge in [-0.1, -0.05) is 29.8 Å². The molecule has 15 heavy (non-hydrogen) atoms. The number of halogens is 1. The first-order valence-corrected chi connectivity index (χ1v) is 6.67. The van der Waals surface area contributed by atoms with Gasteiger partial charge >= 0.3 is 0 Å². The molecular formula is C12H14BrNS. The fourth-order valence-electron chi connectivity index (χ4n) is 1.46. The maximum atomic E-state index is 3.49. The topological polar surface area (TPSA) is 12.0 Å². The molecule has 0 aliphatic rings. The van der Waals surface area contributed by atoms with Crippen molar-refractivity contribution in [1.82, 2.24) is 5.32 Å². The molecular weight excluding hydrogens is 270 g/mol. The van der Waals surface area contributed by atoms with E-state index in [1.807, 2.05) is 11.3 Å². The SMILES string of the molecule is CC(C)NCc1cc2cc(Br)ccc2s1. The van der Waals surface area contributed by atoms with E-state index in [-0.39, 0.29) is 0 Å². The number of rotatable bonds is 3. The monoisotopic (exact) mass is 283 g/mol.